The van der Waals surface area contributed by atoms with Crippen LogP contribution in [0.2, 0.25) is 5.02 Å². The van der Waals surface area contributed by atoms with Crippen LogP contribution in [-0.2, 0) is 6.61 Å². The van der Waals surface area contributed by atoms with E-state index in [1.165, 1.54) is 18.5 Å². The summed E-state index contributed by atoms with van der Waals surface area (Å²) in [5, 5.41) is 14.9. The lowest BCUT2D eigenvalue weighted by atomic mass is 10.2. The van der Waals surface area contributed by atoms with Crippen molar-refractivity contribution < 1.29 is 18.7 Å². The summed E-state index contributed by atoms with van der Waals surface area (Å²) in [7, 11) is 0. The second kappa shape index (κ2) is 8.49. The van der Waals surface area contributed by atoms with Crippen molar-refractivity contribution in [2.45, 2.75) is 6.61 Å². The fourth-order valence-electron chi connectivity index (χ4n) is 2.38. The Hall–Kier alpha value is -3.46. The Balaban J connectivity index is 1.75. The molecule has 3 rings (SSSR count). The van der Waals surface area contributed by atoms with Crippen molar-refractivity contribution in [3.63, 3.8) is 0 Å². The Labute approximate surface area is 163 Å². The van der Waals surface area contributed by atoms with E-state index in [1.807, 2.05) is 0 Å². The number of nitrogen functional groups attached to an aromatic ring is 1. The van der Waals surface area contributed by atoms with Gasteiger partial charge in [-0.1, -0.05) is 16.8 Å². The van der Waals surface area contributed by atoms with Gasteiger partial charge in [0, 0.05) is 11.8 Å². The minimum absolute atomic E-state index is 0.0548. The van der Waals surface area contributed by atoms with Crippen LogP contribution in [0.25, 0.3) is 0 Å². The lowest BCUT2D eigenvalue weighted by Crippen LogP contribution is -2.05. The highest BCUT2D eigenvalue weighted by atomic mass is 35.5. The van der Waals surface area contributed by atoms with Gasteiger partial charge in [0.05, 0.1) is 16.8 Å². The predicted molar refractivity (Wildman–Crippen MR) is 101 cm³/mol. The summed E-state index contributed by atoms with van der Waals surface area (Å²) in [5.41, 5.74) is 6.93. The van der Waals surface area contributed by atoms with E-state index in [0.717, 1.165) is 12.3 Å². The minimum atomic E-state index is -0.685. The first-order valence-electron chi connectivity index (χ1n) is 7.88. The van der Waals surface area contributed by atoms with Gasteiger partial charge in [0.2, 0.25) is 0 Å². The number of ether oxygens (including phenoxy) is 1. The van der Waals surface area contributed by atoms with E-state index >= 15 is 0 Å². The van der Waals surface area contributed by atoms with Crippen molar-refractivity contribution in [1.29, 1.82) is 0 Å². The maximum Gasteiger partial charge on any atom is 0.144 e. The Morgan fingerprint density at radius 2 is 1.93 bits per heavy atom. The van der Waals surface area contributed by atoms with E-state index in [4.69, 9.17) is 27.3 Å². The minimum Gasteiger partial charge on any atom is -0.487 e. The van der Waals surface area contributed by atoms with E-state index in [0.29, 0.717) is 28.4 Å². The van der Waals surface area contributed by atoms with Crippen molar-refractivity contribution in [2.75, 3.05) is 11.1 Å². The molecule has 4 N–H and O–H groups in total. The summed E-state index contributed by atoms with van der Waals surface area (Å²) >= 11 is 6.22. The number of nitrogens with one attached hydrogen (secondary N) is 1. The number of anilines is 3. The average Bonchev–Trinajstić information content (AvgIpc) is 2.63. The molecule has 28 heavy (non-hydrogen) atoms. The molecule has 0 aliphatic heterocycles. The summed E-state index contributed by atoms with van der Waals surface area (Å²) in [4.78, 5) is 7.87. The second-order valence-corrected chi connectivity index (χ2v) is 6.01. The van der Waals surface area contributed by atoms with Gasteiger partial charge >= 0.3 is 0 Å². The summed E-state index contributed by atoms with van der Waals surface area (Å²) in [6, 6.07) is 7.96. The number of rotatable bonds is 6. The molecular formula is C18H14ClF2N5O2. The van der Waals surface area contributed by atoms with Crippen LogP contribution in [0.1, 0.15) is 11.1 Å². The smallest absolute Gasteiger partial charge is 0.144 e. The van der Waals surface area contributed by atoms with Crippen LogP contribution in [0.5, 0.6) is 5.75 Å². The standard InChI is InChI=1S/C18H14ClF2N5O2/c19-15-6-13(26-18-14(7-25-27)17(22)23-9-24-18)1-2-16(15)28-8-10-3-11(20)5-12(21)4-10/h1-7,9,27H,8H2,(H3,22,23,24,26)/b25-7+. The molecule has 3 aromatic rings. The molecule has 0 spiro atoms. The van der Waals surface area contributed by atoms with Crippen molar-refractivity contribution in [2.24, 2.45) is 5.16 Å². The Kier molecular flexibility index (Phi) is 5.85. The molecule has 1 heterocycles. The summed E-state index contributed by atoms with van der Waals surface area (Å²) in [6.45, 7) is -0.0548. The fraction of sp³-hybridized carbons (Fsp3) is 0.0556. The number of halogens is 3. The van der Waals surface area contributed by atoms with Crippen molar-refractivity contribution in [3.05, 3.63) is 70.5 Å². The predicted octanol–water partition coefficient (Wildman–Crippen LogP) is 4.12. The first kappa shape index (κ1) is 19.3. The summed E-state index contributed by atoms with van der Waals surface area (Å²) in [5.74, 6) is -0.601. The topological polar surface area (TPSA) is 106 Å². The Morgan fingerprint density at radius 3 is 2.61 bits per heavy atom. The Bertz CT molecular complexity index is 1010. The SMILES string of the molecule is Nc1ncnc(Nc2ccc(OCc3cc(F)cc(F)c3)c(Cl)c2)c1/C=N/O. The molecule has 0 unspecified atom stereocenters. The lowest BCUT2D eigenvalue weighted by Gasteiger charge is -2.12. The van der Waals surface area contributed by atoms with Gasteiger partial charge in [-0.2, -0.15) is 0 Å². The molecule has 2 aromatic carbocycles. The summed E-state index contributed by atoms with van der Waals surface area (Å²) < 4.78 is 32.0. The van der Waals surface area contributed by atoms with Gasteiger partial charge in [-0.15, -0.1) is 0 Å². The van der Waals surface area contributed by atoms with Crippen molar-refractivity contribution in [3.8, 4) is 5.75 Å². The zero-order valence-corrected chi connectivity index (χ0v) is 15.0. The highest BCUT2D eigenvalue weighted by Crippen LogP contribution is 2.30. The lowest BCUT2D eigenvalue weighted by molar-refractivity contribution is 0.305. The number of oxime groups is 1. The van der Waals surface area contributed by atoms with Gasteiger partial charge < -0.3 is 21.0 Å². The molecule has 10 heteroatoms. The highest BCUT2D eigenvalue weighted by molar-refractivity contribution is 6.32. The quantitative estimate of drug-likeness (QED) is 0.323. The van der Waals surface area contributed by atoms with Crippen LogP contribution in [-0.4, -0.2) is 21.4 Å². The van der Waals surface area contributed by atoms with Crippen LogP contribution < -0.4 is 15.8 Å². The molecule has 144 valence electrons. The maximum absolute atomic E-state index is 13.2. The van der Waals surface area contributed by atoms with Crippen LogP contribution >= 0.6 is 11.6 Å². The zero-order valence-electron chi connectivity index (χ0n) is 14.2. The van der Waals surface area contributed by atoms with Crippen molar-refractivity contribution >= 4 is 35.1 Å². The molecule has 0 fully saturated rings. The van der Waals surface area contributed by atoms with Gasteiger partial charge in [-0.05, 0) is 35.9 Å². The van der Waals surface area contributed by atoms with E-state index in [2.05, 4.69) is 20.4 Å². The van der Waals surface area contributed by atoms with E-state index in [-0.39, 0.29) is 17.4 Å². The molecule has 0 radical (unpaired) electrons. The van der Waals surface area contributed by atoms with E-state index in [1.54, 1.807) is 18.2 Å². The number of nitrogens with two attached hydrogens (primary N) is 1. The molecule has 7 nitrogen and oxygen atoms in total. The Morgan fingerprint density at radius 1 is 1.18 bits per heavy atom. The van der Waals surface area contributed by atoms with Crippen LogP contribution in [0, 0.1) is 11.6 Å². The molecule has 0 atom stereocenters. The largest absolute Gasteiger partial charge is 0.487 e. The first-order chi connectivity index (χ1) is 13.5. The summed E-state index contributed by atoms with van der Waals surface area (Å²) in [6.07, 6.45) is 2.36. The number of nitrogens with zero attached hydrogens (tertiary/aromatic N) is 3. The monoisotopic (exact) mass is 405 g/mol. The normalized spacial score (nSPS) is 11.0. The first-order valence-corrected chi connectivity index (χ1v) is 8.26. The van der Waals surface area contributed by atoms with E-state index < -0.39 is 11.6 Å². The maximum atomic E-state index is 13.2. The van der Waals surface area contributed by atoms with Crippen LogP contribution in [0.3, 0.4) is 0 Å². The third-order valence-electron chi connectivity index (χ3n) is 3.61. The molecule has 0 amide bonds. The molecular weight excluding hydrogens is 392 g/mol. The second-order valence-electron chi connectivity index (χ2n) is 5.60. The van der Waals surface area contributed by atoms with Gasteiger partial charge in [0.1, 0.15) is 42.0 Å². The molecule has 0 saturated carbocycles. The number of hydrogen-bond acceptors (Lipinski definition) is 7. The van der Waals surface area contributed by atoms with Gasteiger partial charge in [0.25, 0.3) is 0 Å². The highest BCUT2D eigenvalue weighted by Gasteiger charge is 2.10. The molecule has 0 saturated heterocycles. The fourth-order valence-corrected chi connectivity index (χ4v) is 2.62. The molecule has 0 aliphatic rings. The number of benzene rings is 2. The van der Waals surface area contributed by atoms with Crippen LogP contribution in [0.15, 0.2) is 47.9 Å². The molecule has 0 bridgehead atoms. The van der Waals surface area contributed by atoms with Gasteiger partial charge in [-0.3, -0.25) is 0 Å². The molecule has 0 aliphatic carbocycles. The van der Waals surface area contributed by atoms with Gasteiger partial charge in [-0.25, -0.2) is 18.7 Å². The van der Waals surface area contributed by atoms with Crippen molar-refractivity contribution in [1.82, 2.24) is 9.97 Å². The average molecular weight is 406 g/mol. The third-order valence-corrected chi connectivity index (χ3v) is 3.91. The number of aromatic nitrogens is 2. The van der Waals surface area contributed by atoms with Gasteiger partial charge in [0.15, 0.2) is 0 Å². The van der Waals surface area contributed by atoms with Crippen LogP contribution in [0.4, 0.5) is 26.1 Å². The third kappa shape index (κ3) is 4.63. The molecule has 1 aromatic heterocycles. The van der Waals surface area contributed by atoms with E-state index in [9.17, 15) is 8.78 Å². The zero-order chi connectivity index (χ0) is 20.1. The number of hydrogen-bond donors (Lipinski definition) is 3.